The van der Waals surface area contributed by atoms with E-state index in [9.17, 15) is 9.59 Å². The van der Waals surface area contributed by atoms with Gasteiger partial charge in [0, 0.05) is 19.3 Å². The van der Waals surface area contributed by atoms with E-state index in [0.29, 0.717) is 24.5 Å². The average molecular weight is 192 g/mol. The lowest BCUT2D eigenvalue weighted by atomic mass is 10.2. The molecule has 1 aromatic heterocycles. The number of aromatic carboxylic acids is 1. The normalized spacial score (nSPS) is 14.1. The van der Waals surface area contributed by atoms with Crippen molar-refractivity contribution >= 4 is 17.6 Å². The third kappa shape index (κ3) is 1.20. The van der Waals surface area contributed by atoms with Gasteiger partial charge in [0.2, 0.25) is 0 Å². The molecule has 5 heteroatoms. The topological polar surface area (TPSA) is 71.3 Å². The zero-order valence-electron chi connectivity index (χ0n) is 7.28. The predicted octanol–water partition coefficient (Wildman–Crippen LogP) is -0.0380. The summed E-state index contributed by atoms with van der Waals surface area (Å²) in [6, 6.07) is 1.47. The molecule has 1 aromatic rings. The summed E-state index contributed by atoms with van der Waals surface area (Å²) in [7, 11) is 0. The van der Waals surface area contributed by atoms with E-state index in [1.54, 1.807) is 10.5 Å². The summed E-state index contributed by atoms with van der Waals surface area (Å²) in [5.41, 5.74) is 1.10. The molecule has 2 rings (SSSR count). The fourth-order valence-corrected chi connectivity index (χ4v) is 1.50. The second kappa shape index (κ2) is 3.05. The fourth-order valence-electron chi connectivity index (χ4n) is 1.50. The molecular formula is C9H8N2O3. The van der Waals surface area contributed by atoms with Crippen molar-refractivity contribution in [3.05, 3.63) is 23.5 Å². The van der Waals surface area contributed by atoms with Gasteiger partial charge in [-0.15, -0.1) is 0 Å². The smallest absolute Gasteiger partial charge is 0.337 e. The maximum Gasteiger partial charge on any atom is 0.337 e. The summed E-state index contributed by atoms with van der Waals surface area (Å²) in [6.07, 6.45) is 1.52. The second-order valence-corrected chi connectivity index (χ2v) is 3.02. The molecule has 0 saturated heterocycles. The first kappa shape index (κ1) is 8.59. The van der Waals surface area contributed by atoms with E-state index in [2.05, 4.69) is 5.32 Å². The quantitative estimate of drug-likeness (QED) is 0.612. The van der Waals surface area contributed by atoms with Crippen LogP contribution < -0.4 is 5.32 Å². The van der Waals surface area contributed by atoms with Crippen molar-refractivity contribution in [1.82, 2.24) is 9.88 Å². The highest BCUT2D eigenvalue weighted by molar-refractivity contribution is 5.92. The molecule has 14 heavy (non-hydrogen) atoms. The Kier molecular flexibility index (Phi) is 1.87. The Morgan fingerprint density at radius 3 is 3.07 bits per heavy atom. The Morgan fingerprint density at radius 2 is 2.43 bits per heavy atom. The number of fused-ring (bicyclic) bond motifs is 1. The van der Waals surface area contributed by atoms with Crippen LogP contribution in [0.2, 0.25) is 0 Å². The third-order valence-electron chi connectivity index (χ3n) is 2.16. The van der Waals surface area contributed by atoms with Gasteiger partial charge in [-0.1, -0.05) is 0 Å². The van der Waals surface area contributed by atoms with E-state index < -0.39 is 5.97 Å². The Labute approximate surface area is 79.6 Å². The van der Waals surface area contributed by atoms with Crippen LogP contribution in [0.1, 0.15) is 16.1 Å². The Morgan fingerprint density at radius 1 is 1.64 bits per heavy atom. The monoisotopic (exact) mass is 192 g/mol. The van der Waals surface area contributed by atoms with Crippen molar-refractivity contribution < 1.29 is 14.7 Å². The van der Waals surface area contributed by atoms with Crippen molar-refractivity contribution in [1.29, 1.82) is 0 Å². The van der Waals surface area contributed by atoms with Crippen LogP contribution in [-0.4, -0.2) is 28.1 Å². The molecule has 0 aromatic carbocycles. The molecule has 72 valence electrons. The van der Waals surface area contributed by atoms with E-state index in [1.165, 1.54) is 12.3 Å². The molecule has 0 unspecified atom stereocenters. The summed E-state index contributed by atoms with van der Waals surface area (Å²) in [6.45, 7) is 1.28. The summed E-state index contributed by atoms with van der Waals surface area (Å²) >= 11 is 0. The van der Waals surface area contributed by atoms with E-state index in [1.807, 2.05) is 0 Å². The zero-order valence-corrected chi connectivity index (χ0v) is 7.28. The number of nitrogens with zero attached hydrogens (tertiary/aromatic N) is 1. The molecule has 2 N–H and O–H groups in total. The molecule has 1 aliphatic heterocycles. The van der Waals surface area contributed by atoms with Gasteiger partial charge >= 0.3 is 5.97 Å². The van der Waals surface area contributed by atoms with Gasteiger partial charge in [0.15, 0.2) is 5.94 Å². The number of hydrogen-bond donors (Lipinski definition) is 2. The first-order valence-electron chi connectivity index (χ1n) is 4.15. The standard InChI is InChI=1S/C9H8N2O3/c12-5-7-8-3-6(9(13)14)4-11(8)2-1-10-7/h3-4,10H,1-2H2,(H,13,14). The van der Waals surface area contributed by atoms with Gasteiger partial charge < -0.3 is 15.0 Å². The van der Waals surface area contributed by atoms with Gasteiger partial charge in [-0.3, -0.25) is 0 Å². The van der Waals surface area contributed by atoms with E-state index >= 15 is 0 Å². The van der Waals surface area contributed by atoms with Crippen molar-refractivity contribution in [2.24, 2.45) is 0 Å². The maximum atomic E-state index is 10.7. The molecule has 0 fully saturated rings. The highest BCUT2D eigenvalue weighted by Crippen LogP contribution is 2.17. The lowest BCUT2D eigenvalue weighted by Crippen LogP contribution is -2.26. The predicted molar refractivity (Wildman–Crippen MR) is 48.5 cm³/mol. The molecule has 5 nitrogen and oxygen atoms in total. The highest BCUT2D eigenvalue weighted by Gasteiger charge is 2.17. The van der Waals surface area contributed by atoms with Crippen LogP contribution in [-0.2, 0) is 11.3 Å². The number of nitrogens with one attached hydrogen (secondary N) is 1. The second-order valence-electron chi connectivity index (χ2n) is 3.02. The molecule has 0 aliphatic carbocycles. The minimum atomic E-state index is -0.989. The SMILES string of the molecule is O=C=C1NCCn2cc(C(=O)O)cc21. The van der Waals surface area contributed by atoms with Gasteiger partial charge in [-0.2, -0.15) is 0 Å². The summed E-state index contributed by atoms with van der Waals surface area (Å²) < 4.78 is 1.74. The van der Waals surface area contributed by atoms with Crippen LogP contribution in [0, 0.1) is 0 Å². The van der Waals surface area contributed by atoms with E-state index in [-0.39, 0.29) is 5.56 Å². The van der Waals surface area contributed by atoms with Crippen molar-refractivity contribution in [3.63, 3.8) is 0 Å². The molecule has 0 atom stereocenters. The van der Waals surface area contributed by atoms with Crippen LogP contribution >= 0.6 is 0 Å². The molecule has 0 radical (unpaired) electrons. The van der Waals surface area contributed by atoms with Gasteiger partial charge in [0.25, 0.3) is 0 Å². The van der Waals surface area contributed by atoms with Crippen molar-refractivity contribution in [2.45, 2.75) is 6.54 Å². The summed E-state index contributed by atoms with van der Waals surface area (Å²) in [4.78, 5) is 21.2. The lowest BCUT2D eigenvalue weighted by Gasteiger charge is -2.17. The number of aromatic nitrogens is 1. The van der Waals surface area contributed by atoms with Crippen molar-refractivity contribution in [2.75, 3.05) is 6.54 Å². The molecule has 0 amide bonds. The summed E-state index contributed by atoms with van der Waals surface area (Å²) in [5.74, 6) is 0.765. The highest BCUT2D eigenvalue weighted by atomic mass is 16.4. The zero-order chi connectivity index (χ0) is 10.1. The summed E-state index contributed by atoms with van der Waals surface area (Å²) in [5, 5.41) is 11.6. The van der Waals surface area contributed by atoms with Gasteiger partial charge in [0.1, 0.15) is 5.70 Å². The number of carboxylic acid groups (broad SMARTS) is 1. The Hall–Kier alpha value is -2.00. The average Bonchev–Trinajstić information content (AvgIpc) is 2.60. The Balaban J connectivity index is 2.54. The minimum absolute atomic E-state index is 0.191. The number of carboxylic acids is 1. The van der Waals surface area contributed by atoms with Crippen molar-refractivity contribution in [3.8, 4) is 0 Å². The van der Waals surface area contributed by atoms with E-state index in [4.69, 9.17) is 5.11 Å². The molecule has 1 aliphatic rings. The largest absolute Gasteiger partial charge is 0.478 e. The first-order valence-corrected chi connectivity index (χ1v) is 4.15. The fraction of sp³-hybridized carbons (Fsp3) is 0.222. The number of rotatable bonds is 1. The number of carbonyl (C=O) groups excluding carboxylic acids is 1. The van der Waals surface area contributed by atoms with Gasteiger partial charge in [-0.25, -0.2) is 9.59 Å². The molecule has 0 spiro atoms. The molecule has 0 bridgehead atoms. The molecule has 2 heterocycles. The number of carbonyl (C=O) groups is 1. The maximum absolute atomic E-state index is 10.7. The van der Waals surface area contributed by atoms with Crippen LogP contribution in [0.3, 0.4) is 0 Å². The lowest BCUT2D eigenvalue weighted by molar-refractivity contribution is 0.0697. The van der Waals surface area contributed by atoms with E-state index in [0.717, 1.165) is 0 Å². The molecular weight excluding hydrogens is 184 g/mol. The van der Waals surface area contributed by atoms with Gasteiger partial charge in [-0.05, 0) is 6.07 Å². The van der Waals surface area contributed by atoms with Crippen LogP contribution in [0.25, 0.3) is 5.70 Å². The van der Waals surface area contributed by atoms with Crippen LogP contribution in [0.5, 0.6) is 0 Å². The van der Waals surface area contributed by atoms with Crippen LogP contribution in [0.4, 0.5) is 0 Å². The first-order chi connectivity index (χ1) is 6.72. The Bertz CT molecular complexity index is 441. The molecule has 0 saturated carbocycles. The van der Waals surface area contributed by atoms with Crippen LogP contribution in [0.15, 0.2) is 12.3 Å². The third-order valence-corrected chi connectivity index (χ3v) is 2.16. The minimum Gasteiger partial charge on any atom is -0.478 e. The number of hydrogen-bond acceptors (Lipinski definition) is 3. The van der Waals surface area contributed by atoms with Gasteiger partial charge in [0.05, 0.1) is 11.3 Å².